The van der Waals surface area contributed by atoms with Crippen LogP contribution < -0.4 is 15.4 Å². The summed E-state index contributed by atoms with van der Waals surface area (Å²) in [5.41, 5.74) is 7.62. The fourth-order valence-corrected chi connectivity index (χ4v) is 6.61. The number of anilines is 2. The molecular weight excluding hydrogens is 615 g/mol. The molecule has 2 aliphatic heterocycles. The molecule has 0 bridgehead atoms. The van der Waals surface area contributed by atoms with Crippen molar-refractivity contribution in [2.75, 3.05) is 62.0 Å². The molecule has 4 heterocycles. The molecule has 15 heteroatoms. The number of sulfone groups is 1. The average Bonchev–Trinajstić information content (AvgIpc) is 3.41. The summed E-state index contributed by atoms with van der Waals surface area (Å²) in [7, 11) is -3.10. The normalized spacial score (nSPS) is 19.2. The fourth-order valence-electron chi connectivity index (χ4n) is 5.80. The van der Waals surface area contributed by atoms with Gasteiger partial charge in [0.25, 0.3) is 5.89 Å². The molecule has 2 aliphatic rings. The average molecular weight is 654 g/mol. The summed E-state index contributed by atoms with van der Waals surface area (Å²) in [6.07, 6.45) is 4.35. The van der Waals surface area contributed by atoms with Crippen LogP contribution in [0.1, 0.15) is 37.6 Å². The minimum absolute atomic E-state index is 0.0456. The Hall–Kier alpha value is -2.71. The smallest absolute Gasteiger partial charge is 0.270 e. The number of nitrogens with two attached hydrogens (primary N) is 1. The van der Waals surface area contributed by atoms with E-state index in [1.165, 1.54) is 6.26 Å². The lowest BCUT2D eigenvalue weighted by Crippen LogP contribution is -2.58. The van der Waals surface area contributed by atoms with Gasteiger partial charge in [-0.3, -0.25) is 9.80 Å². The van der Waals surface area contributed by atoms with Crippen LogP contribution in [-0.2, 0) is 16.4 Å². The Balaban J connectivity index is 1.16. The maximum absolute atomic E-state index is 11.4. The van der Waals surface area contributed by atoms with E-state index < -0.39 is 9.84 Å². The highest BCUT2D eigenvalue weighted by Crippen LogP contribution is 2.33. The number of piperidine rings is 1. The molecule has 1 aromatic carbocycles. The van der Waals surface area contributed by atoms with Crippen LogP contribution in [0.15, 0.2) is 22.6 Å². The second kappa shape index (κ2) is 13.5. The van der Waals surface area contributed by atoms with Crippen molar-refractivity contribution in [3.05, 3.63) is 39.8 Å². The molecule has 2 fully saturated rings. The molecular formula is C28H38Cl2N8O4S. The highest BCUT2D eigenvalue weighted by molar-refractivity contribution is 7.90. The quantitative estimate of drug-likeness (QED) is 0.341. The van der Waals surface area contributed by atoms with Crippen LogP contribution >= 0.6 is 23.2 Å². The number of likely N-dealkylation sites (tertiary alicyclic amines) is 1. The highest BCUT2D eigenvalue weighted by atomic mass is 35.5. The van der Waals surface area contributed by atoms with Gasteiger partial charge in [-0.1, -0.05) is 36.2 Å². The zero-order chi connectivity index (χ0) is 30.7. The lowest BCUT2D eigenvalue weighted by molar-refractivity contribution is 0.0610. The minimum atomic E-state index is -3.10. The van der Waals surface area contributed by atoms with Crippen LogP contribution in [0.3, 0.4) is 0 Å². The minimum Gasteiger partial charge on any atom is -0.491 e. The van der Waals surface area contributed by atoms with E-state index in [0.717, 1.165) is 64.1 Å². The van der Waals surface area contributed by atoms with E-state index in [1.807, 2.05) is 18.2 Å². The molecule has 43 heavy (non-hydrogen) atoms. The van der Waals surface area contributed by atoms with Crippen LogP contribution in [0.4, 0.5) is 11.6 Å². The standard InChI is InChI=1S/C28H38Cl2N8O4S/c1-4-20-17-37(27-25(30)32-24(26(31)33-27)28-35-34-18(2)42-28)11-12-38(20)21-7-9-36(10-8-21)16-19-5-6-22(29)23(15-19)41-13-14-43(3,39)40/h5-6,15,20-21H,4,7-14,16-17H2,1-3H3,(H2,31,33)/t20-/m0/s1. The Kier molecular flexibility index (Phi) is 9.96. The number of nitrogen functional groups attached to an aromatic ring is 1. The van der Waals surface area contributed by atoms with Crippen LogP contribution in [0.25, 0.3) is 11.6 Å². The van der Waals surface area contributed by atoms with E-state index in [2.05, 4.69) is 41.8 Å². The summed E-state index contributed by atoms with van der Waals surface area (Å²) in [6.45, 7) is 9.21. The number of rotatable bonds is 10. The maximum atomic E-state index is 11.4. The Morgan fingerprint density at radius 3 is 2.56 bits per heavy atom. The summed E-state index contributed by atoms with van der Waals surface area (Å²) >= 11 is 12.9. The monoisotopic (exact) mass is 652 g/mol. The van der Waals surface area contributed by atoms with Crippen molar-refractivity contribution in [1.82, 2.24) is 30.0 Å². The van der Waals surface area contributed by atoms with Crippen molar-refractivity contribution < 1.29 is 17.6 Å². The van der Waals surface area contributed by atoms with Gasteiger partial charge in [0, 0.05) is 51.4 Å². The number of hydrogen-bond acceptors (Lipinski definition) is 12. The molecule has 0 radical (unpaired) electrons. The van der Waals surface area contributed by atoms with Crippen LogP contribution in [-0.4, -0.2) is 102 Å². The molecule has 5 rings (SSSR count). The van der Waals surface area contributed by atoms with Gasteiger partial charge in [-0.15, -0.1) is 10.2 Å². The predicted octanol–water partition coefficient (Wildman–Crippen LogP) is 3.71. The first-order chi connectivity index (χ1) is 20.5. The summed E-state index contributed by atoms with van der Waals surface area (Å²) < 4.78 is 34.0. The van der Waals surface area contributed by atoms with Gasteiger partial charge in [-0.2, -0.15) is 0 Å². The number of aromatic nitrogens is 4. The molecule has 2 aromatic heterocycles. The lowest BCUT2D eigenvalue weighted by atomic mass is 9.98. The Morgan fingerprint density at radius 2 is 1.88 bits per heavy atom. The van der Waals surface area contributed by atoms with Gasteiger partial charge in [0.2, 0.25) is 5.89 Å². The summed E-state index contributed by atoms with van der Waals surface area (Å²) in [5, 5.41) is 8.58. The number of benzene rings is 1. The van der Waals surface area contributed by atoms with Gasteiger partial charge in [-0.05, 0) is 50.0 Å². The van der Waals surface area contributed by atoms with Crippen molar-refractivity contribution in [2.45, 2.75) is 51.7 Å². The molecule has 2 saturated heterocycles. The third-order valence-electron chi connectivity index (χ3n) is 8.03. The lowest BCUT2D eigenvalue weighted by Gasteiger charge is -2.47. The molecule has 0 spiro atoms. The molecule has 0 saturated carbocycles. The SMILES string of the molecule is CC[C@H]1CN(c2nc(N)c(-c3nnc(C)o3)nc2Cl)CCN1C1CCN(Cc2ccc(Cl)c(OCCS(C)(=O)=O)c2)CC1. The predicted molar refractivity (Wildman–Crippen MR) is 167 cm³/mol. The van der Waals surface area contributed by atoms with Crippen molar-refractivity contribution in [2.24, 2.45) is 0 Å². The molecule has 0 amide bonds. The van der Waals surface area contributed by atoms with Gasteiger partial charge in [0.1, 0.15) is 12.4 Å². The first-order valence-corrected chi connectivity index (χ1v) is 17.3. The molecule has 1 atom stereocenters. The van der Waals surface area contributed by atoms with Crippen molar-refractivity contribution >= 4 is 44.7 Å². The van der Waals surface area contributed by atoms with E-state index in [0.29, 0.717) is 40.3 Å². The maximum Gasteiger partial charge on any atom is 0.270 e. The first-order valence-electron chi connectivity index (χ1n) is 14.5. The van der Waals surface area contributed by atoms with Crippen LogP contribution in [0, 0.1) is 6.92 Å². The number of ether oxygens (including phenoxy) is 1. The summed E-state index contributed by atoms with van der Waals surface area (Å²) in [5.74, 6) is 1.88. The zero-order valence-corrected chi connectivity index (χ0v) is 27.0. The largest absolute Gasteiger partial charge is 0.491 e. The van der Waals surface area contributed by atoms with Gasteiger partial charge in [0.15, 0.2) is 32.3 Å². The van der Waals surface area contributed by atoms with E-state index in [4.69, 9.17) is 38.1 Å². The summed E-state index contributed by atoms with van der Waals surface area (Å²) in [6, 6.07) is 6.58. The molecule has 0 aliphatic carbocycles. The Morgan fingerprint density at radius 1 is 1.12 bits per heavy atom. The van der Waals surface area contributed by atoms with Crippen molar-refractivity contribution in [3.63, 3.8) is 0 Å². The number of nitrogens with zero attached hydrogens (tertiary/aromatic N) is 7. The third kappa shape index (κ3) is 7.88. The highest BCUT2D eigenvalue weighted by Gasteiger charge is 2.34. The molecule has 12 nitrogen and oxygen atoms in total. The van der Waals surface area contributed by atoms with Gasteiger partial charge in [-0.25, -0.2) is 18.4 Å². The van der Waals surface area contributed by atoms with E-state index >= 15 is 0 Å². The molecule has 3 aromatic rings. The Bertz CT molecular complexity index is 1530. The zero-order valence-electron chi connectivity index (χ0n) is 24.7. The van der Waals surface area contributed by atoms with E-state index in [-0.39, 0.29) is 29.2 Å². The van der Waals surface area contributed by atoms with Crippen molar-refractivity contribution in [3.8, 4) is 17.3 Å². The molecule has 234 valence electrons. The molecule has 0 unspecified atom stereocenters. The van der Waals surface area contributed by atoms with E-state index in [9.17, 15) is 8.42 Å². The topological polar surface area (TPSA) is 144 Å². The van der Waals surface area contributed by atoms with Gasteiger partial charge < -0.3 is 19.8 Å². The second-order valence-corrected chi connectivity index (χ2v) is 14.2. The first kappa shape index (κ1) is 31.7. The van der Waals surface area contributed by atoms with E-state index in [1.54, 1.807) is 6.92 Å². The third-order valence-corrected chi connectivity index (χ3v) is 9.50. The van der Waals surface area contributed by atoms with Crippen LogP contribution in [0.2, 0.25) is 10.2 Å². The second-order valence-electron chi connectivity index (χ2n) is 11.2. The summed E-state index contributed by atoms with van der Waals surface area (Å²) in [4.78, 5) is 16.3. The van der Waals surface area contributed by atoms with Gasteiger partial charge in [0.05, 0.1) is 10.8 Å². The van der Waals surface area contributed by atoms with Crippen molar-refractivity contribution in [1.29, 1.82) is 0 Å². The fraction of sp³-hybridized carbons (Fsp3) is 0.571. The van der Waals surface area contributed by atoms with Gasteiger partial charge >= 0.3 is 0 Å². The van der Waals surface area contributed by atoms with Crippen LogP contribution in [0.5, 0.6) is 5.75 Å². The number of piperazine rings is 1. The number of hydrogen-bond donors (Lipinski definition) is 1. The molecule has 2 N–H and O–H groups in total. The number of aryl methyl sites for hydroxylation is 1. The number of halogens is 2. The Labute approximate surface area is 262 Å².